The molecule has 4 nitrogen and oxygen atoms in total. The molecule has 1 aromatic rings. The summed E-state index contributed by atoms with van der Waals surface area (Å²) in [6, 6.07) is 4.20. The van der Waals surface area contributed by atoms with Gasteiger partial charge in [0, 0.05) is 12.1 Å². The average Bonchev–Trinajstić information content (AvgIpc) is 2.37. The van der Waals surface area contributed by atoms with Crippen molar-refractivity contribution in [2.24, 2.45) is 0 Å². The Morgan fingerprint density at radius 1 is 1.00 bits per heavy atom. The van der Waals surface area contributed by atoms with Gasteiger partial charge in [-0.25, -0.2) is 0 Å². The molecule has 1 aromatic carbocycles. The molecule has 0 heterocycles. The molecule has 0 bridgehead atoms. The van der Waals surface area contributed by atoms with Crippen molar-refractivity contribution in [3.05, 3.63) is 17.7 Å². The van der Waals surface area contributed by atoms with Gasteiger partial charge in [0.1, 0.15) is 5.75 Å². The molecule has 0 saturated carbocycles. The van der Waals surface area contributed by atoms with Crippen LogP contribution in [0.2, 0.25) is 0 Å². The van der Waals surface area contributed by atoms with E-state index in [1.165, 1.54) is 0 Å². The Labute approximate surface area is 103 Å². The molecular formula is C13H21NO3. The zero-order valence-corrected chi connectivity index (χ0v) is 11.2. The van der Waals surface area contributed by atoms with Crippen LogP contribution in [-0.2, 0) is 6.42 Å². The number of rotatable bonds is 6. The standard InChI is InChI=1S/C13H21NO3/c1-9(14-2)6-10-7-12(16-4)13(17-5)8-11(10)15-3/h7-9,14H,6H2,1-5H3/t9-/m1/s1. The van der Waals surface area contributed by atoms with Crippen molar-refractivity contribution < 1.29 is 14.2 Å². The summed E-state index contributed by atoms with van der Waals surface area (Å²) < 4.78 is 15.9. The number of methoxy groups -OCH3 is 3. The lowest BCUT2D eigenvalue weighted by molar-refractivity contribution is 0.347. The van der Waals surface area contributed by atoms with Gasteiger partial charge in [-0.3, -0.25) is 0 Å². The second-order valence-electron chi connectivity index (χ2n) is 3.91. The summed E-state index contributed by atoms with van der Waals surface area (Å²) in [5.41, 5.74) is 1.10. The zero-order chi connectivity index (χ0) is 12.8. The van der Waals surface area contributed by atoms with E-state index in [1.807, 2.05) is 19.2 Å². The van der Waals surface area contributed by atoms with Gasteiger partial charge in [0.25, 0.3) is 0 Å². The van der Waals surface area contributed by atoms with E-state index in [9.17, 15) is 0 Å². The molecule has 17 heavy (non-hydrogen) atoms. The number of nitrogens with one attached hydrogen (secondary N) is 1. The molecule has 0 amide bonds. The first-order chi connectivity index (χ1) is 8.15. The second-order valence-corrected chi connectivity index (χ2v) is 3.91. The normalized spacial score (nSPS) is 12.1. The first kappa shape index (κ1) is 13.6. The van der Waals surface area contributed by atoms with E-state index in [2.05, 4.69) is 12.2 Å². The van der Waals surface area contributed by atoms with Crippen LogP contribution in [0.25, 0.3) is 0 Å². The first-order valence-electron chi connectivity index (χ1n) is 5.62. The summed E-state index contributed by atoms with van der Waals surface area (Å²) in [6.45, 7) is 2.12. The molecule has 96 valence electrons. The molecule has 1 rings (SSSR count). The topological polar surface area (TPSA) is 39.7 Å². The van der Waals surface area contributed by atoms with E-state index in [0.717, 1.165) is 23.5 Å². The van der Waals surface area contributed by atoms with E-state index >= 15 is 0 Å². The van der Waals surface area contributed by atoms with Gasteiger partial charge < -0.3 is 19.5 Å². The van der Waals surface area contributed by atoms with Gasteiger partial charge in [-0.2, -0.15) is 0 Å². The van der Waals surface area contributed by atoms with Crippen LogP contribution in [0.3, 0.4) is 0 Å². The minimum absolute atomic E-state index is 0.377. The molecule has 0 aromatic heterocycles. The number of likely N-dealkylation sites (N-methyl/N-ethyl adjacent to an activating group) is 1. The minimum atomic E-state index is 0.377. The summed E-state index contributed by atoms with van der Waals surface area (Å²) in [5.74, 6) is 2.24. The Hall–Kier alpha value is -1.42. The van der Waals surface area contributed by atoms with Crippen LogP contribution in [0.1, 0.15) is 12.5 Å². The van der Waals surface area contributed by atoms with Gasteiger partial charge in [0.15, 0.2) is 11.5 Å². The van der Waals surface area contributed by atoms with E-state index in [4.69, 9.17) is 14.2 Å². The lowest BCUT2D eigenvalue weighted by Gasteiger charge is -2.16. The minimum Gasteiger partial charge on any atom is -0.496 e. The lowest BCUT2D eigenvalue weighted by atomic mass is 10.1. The first-order valence-corrected chi connectivity index (χ1v) is 5.62. The monoisotopic (exact) mass is 239 g/mol. The van der Waals surface area contributed by atoms with Crippen molar-refractivity contribution in [2.75, 3.05) is 28.4 Å². The summed E-state index contributed by atoms with van der Waals surface area (Å²) >= 11 is 0. The second kappa shape index (κ2) is 6.35. The van der Waals surface area contributed by atoms with Crippen LogP contribution in [0, 0.1) is 0 Å². The molecule has 0 saturated heterocycles. The summed E-state index contributed by atoms with van der Waals surface area (Å²) in [5, 5.41) is 3.20. The molecule has 1 atom stereocenters. The molecule has 0 aliphatic carbocycles. The van der Waals surface area contributed by atoms with Crippen LogP contribution in [0.5, 0.6) is 17.2 Å². The fraction of sp³-hybridized carbons (Fsp3) is 0.538. The highest BCUT2D eigenvalue weighted by molar-refractivity contribution is 5.50. The van der Waals surface area contributed by atoms with Crippen molar-refractivity contribution in [1.29, 1.82) is 0 Å². The predicted octanol–water partition coefficient (Wildman–Crippen LogP) is 1.86. The predicted molar refractivity (Wildman–Crippen MR) is 68.3 cm³/mol. The summed E-state index contributed by atoms with van der Waals surface area (Å²) in [7, 11) is 6.86. The van der Waals surface area contributed by atoms with E-state index in [-0.39, 0.29) is 0 Å². The Morgan fingerprint density at radius 3 is 2.00 bits per heavy atom. The van der Waals surface area contributed by atoms with Crippen LogP contribution in [0.4, 0.5) is 0 Å². The Kier molecular flexibility index (Phi) is 5.10. The van der Waals surface area contributed by atoms with Gasteiger partial charge in [-0.15, -0.1) is 0 Å². The number of benzene rings is 1. The van der Waals surface area contributed by atoms with E-state index in [1.54, 1.807) is 21.3 Å². The molecule has 0 aliphatic heterocycles. The summed E-state index contributed by atoms with van der Waals surface area (Å²) in [4.78, 5) is 0. The lowest BCUT2D eigenvalue weighted by Crippen LogP contribution is -2.23. The van der Waals surface area contributed by atoms with Crippen molar-refractivity contribution in [1.82, 2.24) is 5.32 Å². The third-order valence-corrected chi connectivity index (χ3v) is 2.81. The van der Waals surface area contributed by atoms with Crippen molar-refractivity contribution in [2.45, 2.75) is 19.4 Å². The van der Waals surface area contributed by atoms with Crippen LogP contribution in [0.15, 0.2) is 12.1 Å². The highest BCUT2D eigenvalue weighted by Crippen LogP contribution is 2.35. The van der Waals surface area contributed by atoms with Crippen molar-refractivity contribution in [3.8, 4) is 17.2 Å². The van der Waals surface area contributed by atoms with E-state index < -0.39 is 0 Å². The maximum Gasteiger partial charge on any atom is 0.164 e. The molecule has 4 heteroatoms. The third-order valence-electron chi connectivity index (χ3n) is 2.81. The Balaban J connectivity index is 3.09. The third kappa shape index (κ3) is 3.27. The van der Waals surface area contributed by atoms with Gasteiger partial charge in [0.05, 0.1) is 21.3 Å². The summed E-state index contributed by atoms with van der Waals surface area (Å²) in [6.07, 6.45) is 0.875. The molecule has 0 aliphatic rings. The molecule has 1 N–H and O–H groups in total. The molecule has 0 spiro atoms. The zero-order valence-electron chi connectivity index (χ0n) is 11.2. The van der Waals surface area contributed by atoms with Crippen LogP contribution in [-0.4, -0.2) is 34.4 Å². The van der Waals surface area contributed by atoms with Gasteiger partial charge in [0.2, 0.25) is 0 Å². The fourth-order valence-corrected chi connectivity index (χ4v) is 1.68. The van der Waals surface area contributed by atoms with Crippen molar-refractivity contribution in [3.63, 3.8) is 0 Å². The fourth-order valence-electron chi connectivity index (χ4n) is 1.68. The Morgan fingerprint density at radius 2 is 1.53 bits per heavy atom. The van der Waals surface area contributed by atoms with Crippen LogP contribution < -0.4 is 19.5 Å². The van der Waals surface area contributed by atoms with Gasteiger partial charge >= 0.3 is 0 Å². The SMILES string of the molecule is CN[C@H](C)Cc1cc(OC)c(OC)cc1OC. The van der Waals surface area contributed by atoms with Gasteiger partial charge in [-0.1, -0.05) is 0 Å². The maximum atomic E-state index is 5.37. The van der Waals surface area contributed by atoms with Crippen molar-refractivity contribution >= 4 is 0 Å². The Bertz CT molecular complexity index is 366. The van der Waals surface area contributed by atoms with Gasteiger partial charge in [-0.05, 0) is 32.0 Å². The largest absolute Gasteiger partial charge is 0.496 e. The van der Waals surface area contributed by atoms with E-state index in [0.29, 0.717) is 11.8 Å². The highest BCUT2D eigenvalue weighted by Gasteiger charge is 2.13. The maximum absolute atomic E-state index is 5.37. The molecule has 0 unspecified atom stereocenters. The highest BCUT2D eigenvalue weighted by atomic mass is 16.5. The smallest absolute Gasteiger partial charge is 0.164 e. The quantitative estimate of drug-likeness (QED) is 0.822. The average molecular weight is 239 g/mol. The number of hydrogen-bond donors (Lipinski definition) is 1. The van der Waals surface area contributed by atoms with Crippen LogP contribution >= 0.6 is 0 Å². The number of ether oxygens (including phenoxy) is 3. The number of hydrogen-bond acceptors (Lipinski definition) is 4. The molecule has 0 fully saturated rings. The molecule has 0 radical (unpaired) electrons. The molecular weight excluding hydrogens is 218 g/mol.